The van der Waals surface area contributed by atoms with Gasteiger partial charge in [0.05, 0.1) is 29.7 Å². The van der Waals surface area contributed by atoms with Gasteiger partial charge in [0.15, 0.2) is 17.6 Å². The molecule has 5 aromatic rings. The number of halogens is 1. The summed E-state index contributed by atoms with van der Waals surface area (Å²) < 4.78 is 15.7. The number of hydrogen-bond acceptors (Lipinski definition) is 9. The Morgan fingerprint density at radius 2 is 2.09 bits per heavy atom. The number of rotatable bonds is 5. The zero-order valence-electron chi connectivity index (χ0n) is 18.0. The molecule has 1 N–H and O–H groups in total. The molecule has 1 aliphatic heterocycles. The molecule has 0 bridgehead atoms. The van der Waals surface area contributed by atoms with Crippen molar-refractivity contribution < 1.29 is 9.47 Å². The Morgan fingerprint density at radius 3 is 2.94 bits per heavy atom. The molecule has 0 unspecified atom stereocenters. The van der Waals surface area contributed by atoms with Crippen LogP contribution in [0.15, 0.2) is 55.1 Å². The number of aryl methyl sites for hydroxylation is 1. The molecule has 0 fully saturated rings. The van der Waals surface area contributed by atoms with Crippen molar-refractivity contribution in [2.45, 2.75) is 12.5 Å². The molecule has 11 nitrogen and oxygen atoms in total. The van der Waals surface area contributed by atoms with Crippen molar-refractivity contribution in [3.05, 3.63) is 66.0 Å². The topological polar surface area (TPSA) is 117 Å². The van der Waals surface area contributed by atoms with Crippen molar-refractivity contribution in [3.8, 4) is 22.9 Å². The van der Waals surface area contributed by atoms with Gasteiger partial charge in [-0.3, -0.25) is 9.67 Å². The first-order chi connectivity index (χ1) is 16.6. The summed E-state index contributed by atoms with van der Waals surface area (Å²) in [6.07, 6.45) is 6.80. The minimum atomic E-state index is -0.365. The average Bonchev–Trinajstić information content (AvgIpc) is 3.40. The monoisotopic (exact) mass is 475 g/mol. The highest BCUT2D eigenvalue weighted by molar-refractivity contribution is 6.30. The van der Waals surface area contributed by atoms with Crippen LogP contribution in [-0.4, -0.2) is 45.9 Å². The molecule has 0 spiro atoms. The Bertz CT molecular complexity index is 1500. The molecule has 0 aromatic carbocycles. The summed E-state index contributed by atoms with van der Waals surface area (Å²) in [6.45, 7) is 0.442. The van der Waals surface area contributed by atoms with E-state index >= 15 is 0 Å². The number of anilines is 2. The zero-order chi connectivity index (χ0) is 23.1. The summed E-state index contributed by atoms with van der Waals surface area (Å²) in [5.74, 6) is 3.06. The lowest BCUT2D eigenvalue weighted by molar-refractivity contribution is 0.165. The maximum atomic E-state index is 6.13. The Hall–Kier alpha value is -4.25. The Balaban J connectivity index is 1.34. The van der Waals surface area contributed by atoms with Gasteiger partial charge in [0.2, 0.25) is 11.8 Å². The lowest BCUT2D eigenvalue weighted by Crippen LogP contribution is -2.12. The van der Waals surface area contributed by atoms with Gasteiger partial charge in [-0.2, -0.15) is 5.10 Å². The normalized spacial score (nSPS) is 15.1. The van der Waals surface area contributed by atoms with Crippen molar-refractivity contribution in [2.24, 2.45) is 7.05 Å². The molecule has 1 aliphatic rings. The van der Waals surface area contributed by atoms with Crippen LogP contribution in [0.5, 0.6) is 11.6 Å². The van der Waals surface area contributed by atoms with E-state index in [1.165, 1.54) is 0 Å². The first kappa shape index (κ1) is 20.4. The standard InChI is InChI=1S/C22H18ClN9O2/c1-31-18(3-6-26-31)28-22-25-5-2-16(27-22)13-8-19-29-30-21-17(4-7-33-20(9-13)32(19)21)34-15-10-14(23)11-24-12-15/h2-3,5-6,8-12,17H,4,7H2,1H3,(H,25,27,28)/t17-/m0/s1. The first-order valence-corrected chi connectivity index (χ1v) is 10.9. The van der Waals surface area contributed by atoms with Gasteiger partial charge in [0.1, 0.15) is 11.6 Å². The molecule has 0 saturated carbocycles. The molecular formula is C22H18ClN9O2. The van der Waals surface area contributed by atoms with Crippen LogP contribution < -0.4 is 14.8 Å². The van der Waals surface area contributed by atoms with E-state index in [4.69, 9.17) is 21.1 Å². The molecule has 0 saturated heterocycles. The first-order valence-electron chi connectivity index (χ1n) is 10.5. The number of hydrogen-bond donors (Lipinski definition) is 1. The van der Waals surface area contributed by atoms with E-state index in [0.29, 0.717) is 52.8 Å². The van der Waals surface area contributed by atoms with Gasteiger partial charge in [-0.25, -0.2) is 14.4 Å². The molecule has 34 heavy (non-hydrogen) atoms. The molecular weight excluding hydrogens is 458 g/mol. The number of nitrogens with one attached hydrogen (secondary N) is 1. The van der Waals surface area contributed by atoms with Gasteiger partial charge in [-0.15, -0.1) is 10.2 Å². The smallest absolute Gasteiger partial charge is 0.228 e. The van der Waals surface area contributed by atoms with Crippen molar-refractivity contribution in [3.63, 3.8) is 0 Å². The summed E-state index contributed by atoms with van der Waals surface area (Å²) in [5.41, 5.74) is 2.17. The molecule has 0 radical (unpaired) electrons. The quantitative estimate of drug-likeness (QED) is 0.406. The predicted molar refractivity (Wildman–Crippen MR) is 123 cm³/mol. The molecule has 6 rings (SSSR count). The average molecular weight is 476 g/mol. The second kappa shape index (κ2) is 8.27. The SMILES string of the molecule is Cn1nccc1Nc1nccc(-c2cc3n4c(nnc4c2)[C@@H](Oc2cncc(Cl)c2)CCO3)n1. The third kappa shape index (κ3) is 3.75. The number of ether oxygens (including phenoxy) is 2. The van der Waals surface area contributed by atoms with E-state index in [0.717, 1.165) is 11.4 Å². The highest BCUT2D eigenvalue weighted by atomic mass is 35.5. The van der Waals surface area contributed by atoms with Gasteiger partial charge in [0.25, 0.3) is 0 Å². The Morgan fingerprint density at radius 1 is 1.15 bits per heavy atom. The van der Waals surface area contributed by atoms with Crippen LogP contribution in [0.1, 0.15) is 18.3 Å². The van der Waals surface area contributed by atoms with Crippen molar-refractivity contribution in [1.29, 1.82) is 0 Å². The van der Waals surface area contributed by atoms with Gasteiger partial charge >= 0.3 is 0 Å². The van der Waals surface area contributed by atoms with E-state index in [-0.39, 0.29) is 6.10 Å². The Labute approximate surface area is 198 Å². The minimum absolute atomic E-state index is 0.365. The predicted octanol–water partition coefficient (Wildman–Crippen LogP) is 3.61. The molecule has 1 atom stereocenters. The van der Waals surface area contributed by atoms with Crippen molar-refractivity contribution >= 4 is 29.0 Å². The van der Waals surface area contributed by atoms with Crippen LogP contribution in [0.2, 0.25) is 5.02 Å². The number of aromatic nitrogens is 8. The van der Waals surface area contributed by atoms with Crippen LogP contribution in [0.4, 0.5) is 11.8 Å². The summed E-state index contributed by atoms with van der Waals surface area (Å²) in [6, 6.07) is 9.22. The van der Waals surface area contributed by atoms with Crippen LogP contribution in [0, 0.1) is 0 Å². The van der Waals surface area contributed by atoms with Gasteiger partial charge < -0.3 is 14.8 Å². The summed E-state index contributed by atoms with van der Waals surface area (Å²) in [7, 11) is 1.84. The molecule has 12 heteroatoms. The third-order valence-corrected chi connectivity index (χ3v) is 5.59. The van der Waals surface area contributed by atoms with Gasteiger partial charge in [-0.05, 0) is 12.1 Å². The van der Waals surface area contributed by atoms with Crippen LogP contribution in [0.3, 0.4) is 0 Å². The van der Waals surface area contributed by atoms with E-state index in [1.54, 1.807) is 35.5 Å². The van der Waals surface area contributed by atoms with Crippen LogP contribution >= 0.6 is 11.6 Å². The Kier molecular flexibility index (Phi) is 4.95. The third-order valence-electron chi connectivity index (χ3n) is 5.39. The second-order valence-corrected chi connectivity index (χ2v) is 8.08. The fraction of sp³-hybridized carbons (Fsp3) is 0.182. The summed E-state index contributed by atoms with van der Waals surface area (Å²) in [4.78, 5) is 13.0. The maximum absolute atomic E-state index is 6.13. The van der Waals surface area contributed by atoms with E-state index in [2.05, 4.69) is 35.6 Å². The summed E-state index contributed by atoms with van der Waals surface area (Å²) >= 11 is 6.05. The highest BCUT2D eigenvalue weighted by Gasteiger charge is 2.26. The fourth-order valence-electron chi connectivity index (χ4n) is 3.79. The van der Waals surface area contributed by atoms with Crippen molar-refractivity contribution in [1.82, 2.24) is 39.3 Å². The zero-order valence-corrected chi connectivity index (χ0v) is 18.7. The molecule has 0 aliphatic carbocycles. The molecule has 0 amide bonds. The van der Waals surface area contributed by atoms with Crippen molar-refractivity contribution in [2.75, 3.05) is 11.9 Å². The number of pyridine rings is 2. The van der Waals surface area contributed by atoms with Crippen LogP contribution in [-0.2, 0) is 7.05 Å². The largest absolute Gasteiger partial charge is 0.481 e. The summed E-state index contributed by atoms with van der Waals surface area (Å²) in [5, 5.41) is 16.6. The van der Waals surface area contributed by atoms with E-state index in [9.17, 15) is 0 Å². The lowest BCUT2D eigenvalue weighted by Gasteiger charge is -2.15. The van der Waals surface area contributed by atoms with E-state index in [1.807, 2.05) is 35.7 Å². The molecule has 5 aromatic heterocycles. The van der Waals surface area contributed by atoms with Gasteiger partial charge in [-0.1, -0.05) is 11.6 Å². The number of nitrogens with zero attached hydrogens (tertiary/aromatic N) is 8. The fourth-order valence-corrected chi connectivity index (χ4v) is 3.96. The lowest BCUT2D eigenvalue weighted by atomic mass is 10.2. The van der Waals surface area contributed by atoms with Gasteiger partial charge in [0, 0.05) is 49.6 Å². The minimum Gasteiger partial charge on any atom is -0.481 e. The second-order valence-electron chi connectivity index (χ2n) is 7.65. The van der Waals surface area contributed by atoms with E-state index < -0.39 is 0 Å². The highest BCUT2D eigenvalue weighted by Crippen LogP contribution is 2.33. The maximum Gasteiger partial charge on any atom is 0.228 e. The van der Waals surface area contributed by atoms with Crippen LogP contribution in [0.25, 0.3) is 16.9 Å². The molecule has 6 heterocycles. The molecule has 170 valence electrons.